The first-order valence-electron chi connectivity index (χ1n) is 5.86. The molecule has 94 valence electrons. The summed E-state index contributed by atoms with van der Waals surface area (Å²) < 4.78 is 0.954. The lowest BCUT2D eigenvalue weighted by Crippen LogP contribution is -2.35. The molecule has 0 aliphatic carbocycles. The summed E-state index contributed by atoms with van der Waals surface area (Å²) in [6.07, 6.45) is 2.76. The molecule has 0 heterocycles. The first-order valence-corrected chi connectivity index (χ1v) is 6.66. The predicted molar refractivity (Wildman–Crippen MR) is 75.0 cm³/mol. The molecule has 0 unspecified atom stereocenters. The SMILES string of the molecule is CCCC[C@H](N)C(=O)Nc1cc(C)cc(Br)c1. The number of unbranched alkanes of at least 4 members (excludes halogenated alkanes) is 1. The molecule has 1 aromatic rings. The number of hydrogen-bond donors (Lipinski definition) is 2. The van der Waals surface area contributed by atoms with Crippen molar-refractivity contribution >= 4 is 27.5 Å². The maximum Gasteiger partial charge on any atom is 0.241 e. The molecule has 0 saturated heterocycles. The molecule has 1 rings (SSSR count). The summed E-state index contributed by atoms with van der Waals surface area (Å²) in [5.74, 6) is -0.115. The molecule has 0 aliphatic rings. The van der Waals surface area contributed by atoms with Crippen LogP contribution in [0.1, 0.15) is 31.7 Å². The van der Waals surface area contributed by atoms with Gasteiger partial charge in [-0.15, -0.1) is 0 Å². The number of rotatable bonds is 5. The van der Waals surface area contributed by atoms with Crippen molar-refractivity contribution in [3.8, 4) is 0 Å². The maximum atomic E-state index is 11.8. The van der Waals surface area contributed by atoms with E-state index >= 15 is 0 Å². The Kier molecular flexibility index (Phi) is 5.65. The van der Waals surface area contributed by atoms with E-state index in [-0.39, 0.29) is 5.91 Å². The Morgan fingerprint density at radius 2 is 2.18 bits per heavy atom. The van der Waals surface area contributed by atoms with Gasteiger partial charge in [0.25, 0.3) is 0 Å². The normalized spacial score (nSPS) is 12.2. The van der Waals surface area contributed by atoms with Crippen LogP contribution in [0.5, 0.6) is 0 Å². The summed E-state index contributed by atoms with van der Waals surface area (Å²) in [7, 11) is 0. The van der Waals surface area contributed by atoms with Crippen molar-refractivity contribution in [3.05, 3.63) is 28.2 Å². The van der Waals surface area contributed by atoms with Gasteiger partial charge in [0.2, 0.25) is 5.91 Å². The number of carbonyl (C=O) groups is 1. The van der Waals surface area contributed by atoms with Crippen molar-refractivity contribution in [1.29, 1.82) is 0 Å². The highest BCUT2D eigenvalue weighted by atomic mass is 79.9. The monoisotopic (exact) mass is 298 g/mol. The molecule has 4 heteroatoms. The largest absolute Gasteiger partial charge is 0.325 e. The summed E-state index contributed by atoms with van der Waals surface area (Å²) in [6.45, 7) is 4.07. The number of halogens is 1. The van der Waals surface area contributed by atoms with E-state index < -0.39 is 6.04 Å². The van der Waals surface area contributed by atoms with Crippen molar-refractivity contribution in [2.75, 3.05) is 5.32 Å². The van der Waals surface area contributed by atoms with Gasteiger partial charge < -0.3 is 11.1 Å². The molecule has 0 saturated carbocycles. The molecule has 0 spiro atoms. The van der Waals surface area contributed by atoms with E-state index in [4.69, 9.17) is 5.73 Å². The number of carbonyl (C=O) groups excluding carboxylic acids is 1. The predicted octanol–water partition coefficient (Wildman–Crippen LogP) is 3.21. The molecular weight excluding hydrogens is 280 g/mol. The Bertz CT molecular complexity index is 373. The average molecular weight is 299 g/mol. The number of amides is 1. The van der Waals surface area contributed by atoms with Crippen molar-refractivity contribution in [2.45, 2.75) is 39.2 Å². The second kappa shape index (κ2) is 6.77. The van der Waals surface area contributed by atoms with Gasteiger partial charge >= 0.3 is 0 Å². The third kappa shape index (κ3) is 4.88. The van der Waals surface area contributed by atoms with E-state index in [1.807, 2.05) is 25.1 Å². The van der Waals surface area contributed by atoms with E-state index in [9.17, 15) is 4.79 Å². The zero-order valence-electron chi connectivity index (χ0n) is 10.3. The zero-order valence-corrected chi connectivity index (χ0v) is 11.9. The third-order valence-electron chi connectivity index (χ3n) is 2.52. The van der Waals surface area contributed by atoms with E-state index in [1.165, 1.54) is 0 Å². The maximum absolute atomic E-state index is 11.8. The van der Waals surface area contributed by atoms with E-state index in [0.29, 0.717) is 0 Å². The summed E-state index contributed by atoms with van der Waals surface area (Å²) >= 11 is 3.40. The van der Waals surface area contributed by atoms with Crippen LogP contribution < -0.4 is 11.1 Å². The first kappa shape index (κ1) is 14.2. The highest BCUT2D eigenvalue weighted by Crippen LogP contribution is 2.19. The van der Waals surface area contributed by atoms with Gasteiger partial charge in [0, 0.05) is 10.2 Å². The van der Waals surface area contributed by atoms with Gasteiger partial charge in [0.15, 0.2) is 0 Å². The van der Waals surface area contributed by atoms with Gasteiger partial charge in [-0.2, -0.15) is 0 Å². The van der Waals surface area contributed by atoms with Crippen LogP contribution in [0.15, 0.2) is 22.7 Å². The number of nitrogens with one attached hydrogen (secondary N) is 1. The average Bonchev–Trinajstić information content (AvgIpc) is 2.24. The molecule has 0 bridgehead atoms. The number of benzene rings is 1. The Labute approximate surface area is 111 Å². The number of hydrogen-bond acceptors (Lipinski definition) is 2. The Morgan fingerprint density at radius 1 is 1.47 bits per heavy atom. The smallest absolute Gasteiger partial charge is 0.241 e. The Morgan fingerprint density at radius 3 is 2.76 bits per heavy atom. The Hall–Kier alpha value is -0.870. The third-order valence-corrected chi connectivity index (χ3v) is 2.97. The number of nitrogens with two attached hydrogens (primary N) is 1. The fourth-order valence-corrected chi connectivity index (χ4v) is 2.21. The minimum atomic E-state index is -0.422. The van der Waals surface area contributed by atoms with Crippen LogP contribution >= 0.6 is 15.9 Å². The molecule has 1 aromatic carbocycles. The molecule has 0 fully saturated rings. The molecule has 0 radical (unpaired) electrons. The minimum absolute atomic E-state index is 0.115. The van der Waals surface area contributed by atoms with E-state index in [2.05, 4.69) is 28.2 Å². The summed E-state index contributed by atoms with van der Waals surface area (Å²) in [4.78, 5) is 11.8. The van der Waals surface area contributed by atoms with Crippen molar-refractivity contribution < 1.29 is 4.79 Å². The van der Waals surface area contributed by atoms with E-state index in [0.717, 1.165) is 35.0 Å². The van der Waals surface area contributed by atoms with Crippen molar-refractivity contribution in [3.63, 3.8) is 0 Å². The summed E-state index contributed by atoms with van der Waals surface area (Å²) in [5.41, 5.74) is 7.68. The van der Waals surface area contributed by atoms with Crippen molar-refractivity contribution in [1.82, 2.24) is 0 Å². The highest BCUT2D eigenvalue weighted by Gasteiger charge is 2.12. The van der Waals surface area contributed by atoms with Gasteiger partial charge in [0.05, 0.1) is 6.04 Å². The fraction of sp³-hybridized carbons (Fsp3) is 0.462. The first-order chi connectivity index (χ1) is 8.02. The van der Waals surface area contributed by atoms with Crippen LogP contribution in [0.2, 0.25) is 0 Å². The second-order valence-electron chi connectivity index (χ2n) is 4.26. The molecule has 17 heavy (non-hydrogen) atoms. The molecule has 3 N–H and O–H groups in total. The molecule has 3 nitrogen and oxygen atoms in total. The van der Waals surface area contributed by atoms with Gasteiger partial charge in [-0.25, -0.2) is 0 Å². The van der Waals surface area contributed by atoms with Crippen LogP contribution in [0.3, 0.4) is 0 Å². The topological polar surface area (TPSA) is 55.1 Å². The zero-order chi connectivity index (χ0) is 12.8. The van der Waals surface area contributed by atoms with Crippen LogP contribution in [-0.4, -0.2) is 11.9 Å². The minimum Gasteiger partial charge on any atom is -0.325 e. The van der Waals surface area contributed by atoms with Crippen molar-refractivity contribution in [2.24, 2.45) is 5.73 Å². The lowest BCUT2D eigenvalue weighted by molar-refractivity contribution is -0.117. The Balaban J connectivity index is 2.61. The standard InChI is InChI=1S/C13H19BrN2O/c1-3-4-5-12(15)13(17)16-11-7-9(2)6-10(14)8-11/h6-8,12H,3-5,15H2,1-2H3,(H,16,17)/t12-/m0/s1. The van der Waals surface area contributed by atoms with Crippen LogP contribution in [0.25, 0.3) is 0 Å². The van der Waals surface area contributed by atoms with Crippen LogP contribution in [0.4, 0.5) is 5.69 Å². The lowest BCUT2D eigenvalue weighted by atomic mass is 10.1. The molecule has 1 amide bonds. The quantitative estimate of drug-likeness (QED) is 0.877. The molecule has 1 atom stereocenters. The van der Waals surface area contributed by atoms with Gasteiger partial charge in [-0.3, -0.25) is 4.79 Å². The molecule has 0 aromatic heterocycles. The van der Waals surface area contributed by atoms with Crippen LogP contribution in [-0.2, 0) is 4.79 Å². The highest BCUT2D eigenvalue weighted by molar-refractivity contribution is 9.10. The lowest BCUT2D eigenvalue weighted by Gasteiger charge is -2.12. The summed E-state index contributed by atoms with van der Waals surface area (Å²) in [5, 5.41) is 2.84. The summed E-state index contributed by atoms with van der Waals surface area (Å²) in [6, 6.07) is 5.37. The second-order valence-corrected chi connectivity index (χ2v) is 5.17. The van der Waals surface area contributed by atoms with Gasteiger partial charge in [0.1, 0.15) is 0 Å². The van der Waals surface area contributed by atoms with Gasteiger partial charge in [-0.1, -0.05) is 35.7 Å². The van der Waals surface area contributed by atoms with Gasteiger partial charge in [-0.05, 0) is 37.1 Å². The molecule has 0 aliphatic heterocycles. The number of anilines is 1. The fourth-order valence-electron chi connectivity index (χ4n) is 1.60. The van der Waals surface area contributed by atoms with E-state index in [1.54, 1.807) is 0 Å². The number of aryl methyl sites for hydroxylation is 1. The van der Waals surface area contributed by atoms with Crippen LogP contribution in [0, 0.1) is 6.92 Å². The molecular formula is C13H19BrN2O.